The average Bonchev–Trinajstić information content (AvgIpc) is 2.33. The van der Waals surface area contributed by atoms with Gasteiger partial charge in [0.2, 0.25) is 5.91 Å². The standard InChI is InChI=1S/C12H14N2O3/c15-11-4-3-10(12(16)17)8-14(11)7-9-2-1-5-13-6-9/h1-2,5-6,10H,3-4,7-8H2,(H,16,17)/t10-/m1/s1. The molecule has 5 nitrogen and oxygen atoms in total. The van der Waals surface area contributed by atoms with E-state index < -0.39 is 11.9 Å². The fourth-order valence-electron chi connectivity index (χ4n) is 1.98. The molecule has 1 aliphatic heterocycles. The largest absolute Gasteiger partial charge is 0.481 e. The second kappa shape index (κ2) is 4.95. The average molecular weight is 234 g/mol. The highest BCUT2D eigenvalue weighted by Crippen LogP contribution is 2.19. The molecule has 0 spiro atoms. The zero-order valence-corrected chi connectivity index (χ0v) is 9.37. The number of carbonyl (C=O) groups excluding carboxylic acids is 1. The highest BCUT2D eigenvalue weighted by Gasteiger charge is 2.29. The van der Waals surface area contributed by atoms with Crippen molar-refractivity contribution in [2.45, 2.75) is 19.4 Å². The molecular formula is C12H14N2O3. The van der Waals surface area contributed by atoms with Gasteiger partial charge in [0.25, 0.3) is 0 Å². The van der Waals surface area contributed by atoms with Gasteiger partial charge in [-0.25, -0.2) is 0 Å². The van der Waals surface area contributed by atoms with Crippen LogP contribution in [0.15, 0.2) is 24.5 Å². The van der Waals surface area contributed by atoms with Gasteiger partial charge in [-0.1, -0.05) is 6.07 Å². The van der Waals surface area contributed by atoms with Gasteiger partial charge < -0.3 is 10.0 Å². The van der Waals surface area contributed by atoms with E-state index in [2.05, 4.69) is 4.98 Å². The van der Waals surface area contributed by atoms with E-state index in [1.807, 2.05) is 6.07 Å². The number of hydrogen-bond acceptors (Lipinski definition) is 3. The Balaban J connectivity index is 2.04. The first-order chi connectivity index (χ1) is 8.16. The van der Waals surface area contributed by atoms with E-state index in [4.69, 9.17) is 5.11 Å². The van der Waals surface area contributed by atoms with Gasteiger partial charge in [0.1, 0.15) is 0 Å². The summed E-state index contributed by atoms with van der Waals surface area (Å²) in [5.74, 6) is -1.25. The number of carboxylic acids is 1. The lowest BCUT2D eigenvalue weighted by atomic mass is 9.97. The fraction of sp³-hybridized carbons (Fsp3) is 0.417. The second-order valence-corrected chi connectivity index (χ2v) is 4.21. The minimum absolute atomic E-state index is 0.0198. The lowest BCUT2D eigenvalue weighted by Gasteiger charge is -2.30. The number of pyridine rings is 1. The summed E-state index contributed by atoms with van der Waals surface area (Å²) in [4.78, 5) is 28.2. The van der Waals surface area contributed by atoms with E-state index in [9.17, 15) is 9.59 Å². The van der Waals surface area contributed by atoms with E-state index in [0.717, 1.165) is 5.56 Å². The van der Waals surface area contributed by atoms with E-state index in [0.29, 0.717) is 25.9 Å². The number of carboxylic acid groups (broad SMARTS) is 1. The number of hydrogen-bond donors (Lipinski definition) is 1. The Labute approximate surface area is 99.1 Å². The number of nitrogens with zero attached hydrogens (tertiary/aromatic N) is 2. The SMILES string of the molecule is O=C(O)[C@@H]1CCC(=O)N(Cc2cccnc2)C1. The molecule has 2 heterocycles. The fourth-order valence-corrected chi connectivity index (χ4v) is 1.98. The topological polar surface area (TPSA) is 70.5 Å². The molecule has 1 atom stereocenters. The third kappa shape index (κ3) is 2.81. The van der Waals surface area contributed by atoms with Gasteiger partial charge in [-0.15, -0.1) is 0 Å². The van der Waals surface area contributed by atoms with Crippen molar-refractivity contribution in [1.29, 1.82) is 0 Å². The molecule has 90 valence electrons. The Morgan fingerprint density at radius 2 is 2.41 bits per heavy atom. The first-order valence-electron chi connectivity index (χ1n) is 5.56. The van der Waals surface area contributed by atoms with E-state index in [1.54, 1.807) is 23.4 Å². The normalized spacial score (nSPS) is 20.4. The smallest absolute Gasteiger partial charge is 0.308 e. The highest BCUT2D eigenvalue weighted by molar-refractivity contribution is 5.80. The predicted octanol–water partition coefficient (Wildman–Crippen LogP) is 0.905. The van der Waals surface area contributed by atoms with E-state index >= 15 is 0 Å². The summed E-state index contributed by atoms with van der Waals surface area (Å²) in [6.07, 6.45) is 4.12. The quantitative estimate of drug-likeness (QED) is 0.843. The lowest BCUT2D eigenvalue weighted by Crippen LogP contribution is -2.42. The van der Waals surface area contributed by atoms with Crippen LogP contribution in [0.5, 0.6) is 0 Å². The summed E-state index contributed by atoms with van der Waals surface area (Å²) < 4.78 is 0. The number of rotatable bonds is 3. The lowest BCUT2D eigenvalue weighted by molar-refractivity contribution is -0.147. The van der Waals surface area contributed by atoms with Crippen molar-refractivity contribution in [2.75, 3.05) is 6.54 Å². The minimum Gasteiger partial charge on any atom is -0.481 e. The van der Waals surface area contributed by atoms with E-state index in [1.165, 1.54) is 0 Å². The summed E-state index contributed by atoms with van der Waals surface area (Å²) in [5, 5.41) is 8.96. The maximum atomic E-state index is 11.7. The summed E-state index contributed by atoms with van der Waals surface area (Å²) in [6.45, 7) is 0.736. The first kappa shape index (κ1) is 11.6. The Hall–Kier alpha value is -1.91. The Morgan fingerprint density at radius 1 is 1.59 bits per heavy atom. The van der Waals surface area contributed by atoms with Gasteiger partial charge in [0.15, 0.2) is 0 Å². The van der Waals surface area contributed by atoms with Gasteiger partial charge in [0, 0.05) is 31.9 Å². The molecular weight excluding hydrogens is 220 g/mol. The summed E-state index contributed by atoms with van der Waals surface area (Å²) in [5.41, 5.74) is 0.923. The molecule has 1 fully saturated rings. The first-order valence-corrected chi connectivity index (χ1v) is 5.56. The van der Waals surface area contributed by atoms with Crippen molar-refractivity contribution in [2.24, 2.45) is 5.92 Å². The highest BCUT2D eigenvalue weighted by atomic mass is 16.4. The zero-order chi connectivity index (χ0) is 12.3. The van der Waals surface area contributed by atoms with Crippen LogP contribution in [0.2, 0.25) is 0 Å². The molecule has 1 N–H and O–H groups in total. The third-order valence-corrected chi connectivity index (χ3v) is 2.95. The van der Waals surface area contributed by atoms with Crippen LogP contribution in [0.4, 0.5) is 0 Å². The van der Waals surface area contributed by atoms with Crippen molar-refractivity contribution in [3.63, 3.8) is 0 Å². The molecule has 1 aromatic rings. The van der Waals surface area contributed by atoms with Gasteiger partial charge >= 0.3 is 5.97 Å². The molecule has 0 aromatic carbocycles. The van der Waals surface area contributed by atoms with Crippen LogP contribution in [-0.2, 0) is 16.1 Å². The van der Waals surface area contributed by atoms with E-state index in [-0.39, 0.29) is 5.91 Å². The zero-order valence-electron chi connectivity index (χ0n) is 9.37. The van der Waals surface area contributed by atoms with Gasteiger partial charge in [0.05, 0.1) is 5.92 Å². The molecule has 0 unspecified atom stereocenters. The Bertz CT molecular complexity index is 419. The molecule has 5 heteroatoms. The Kier molecular flexibility index (Phi) is 3.37. The van der Waals surface area contributed by atoms with Crippen molar-refractivity contribution in [3.05, 3.63) is 30.1 Å². The number of aromatic nitrogens is 1. The molecule has 1 amide bonds. The number of amides is 1. The van der Waals surface area contributed by atoms with Crippen LogP contribution in [0.25, 0.3) is 0 Å². The molecule has 0 aliphatic carbocycles. The van der Waals surface area contributed by atoms with Gasteiger partial charge in [-0.05, 0) is 18.1 Å². The van der Waals surface area contributed by atoms with Crippen molar-refractivity contribution >= 4 is 11.9 Å². The number of aliphatic carboxylic acids is 1. The monoisotopic (exact) mass is 234 g/mol. The number of carbonyl (C=O) groups is 2. The minimum atomic E-state index is -0.825. The summed E-state index contributed by atoms with van der Waals surface area (Å²) >= 11 is 0. The number of piperidine rings is 1. The van der Waals surface area contributed by atoms with Gasteiger partial charge in [-0.3, -0.25) is 14.6 Å². The third-order valence-electron chi connectivity index (χ3n) is 2.95. The van der Waals surface area contributed by atoms with Gasteiger partial charge in [-0.2, -0.15) is 0 Å². The van der Waals surface area contributed by atoms with Crippen LogP contribution in [0, 0.1) is 5.92 Å². The number of likely N-dealkylation sites (tertiary alicyclic amines) is 1. The molecule has 1 aliphatic rings. The molecule has 17 heavy (non-hydrogen) atoms. The molecule has 1 saturated heterocycles. The van der Waals surface area contributed by atoms with Crippen LogP contribution in [0.3, 0.4) is 0 Å². The van der Waals surface area contributed by atoms with Crippen molar-refractivity contribution in [1.82, 2.24) is 9.88 Å². The van der Waals surface area contributed by atoms with Crippen LogP contribution in [0.1, 0.15) is 18.4 Å². The van der Waals surface area contributed by atoms with Crippen molar-refractivity contribution < 1.29 is 14.7 Å². The summed E-state index contributed by atoms with van der Waals surface area (Å²) in [7, 11) is 0. The summed E-state index contributed by atoms with van der Waals surface area (Å²) in [6, 6.07) is 3.68. The maximum absolute atomic E-state index is 11.7. The van der Waals surface area contributed by atoms with Crippen LogP contribution >= 0.6 is 0 Å². The molecule has 2 rings (SSSR count). The maximum Gasteiger partial charge on any atom is 0.308 e. The molecule has 0 bridgehead atoms. The van der Waals surface area contributed by atoms with Crippen LogP contribution in [-0.4, -0.2) is 33.4 Å². The van der Waals surface area contributed by atoms with Crippen molar-refractivity contribution in [3.8, 4) is 0 Å². The Morgan fingerprint density at radius 3 is 3.06 bits per heavy atom. The predicted molar refractivity (Wildman–Crippen MR) is 60.0 cm³/mol. The molecule has 1 aromatic heterocycles. The van der Waals surface area contributed by atoms with Crippen LogP contribution < -0.4 is 0 Å². The second-order valence-electron chi connectivity index (χ2n) is 4.21. The molecule has 0 saturated carbocycles. The molecule has 0 radical (unpaired) electrons.